The van der Waals surface area contributed by atoms with E-state index in [1.165, 1.54) is 39.2 Å². The first-order valence-electron chi connectivity index (χ1n) is 7.15. The highest BCUT2D eigenvalue weighted by molar-refractivity contribution is 5.82. The lowest BCUT2D eigenvalue weighted by atomic mass is 9.85. The Morgan fingerprint density at radius 1 is 1.32 bits per heavy atom. The van der Waals surface area contributed by atoms with Crippen LogP contribution in [0.2, 0.25) is 0 Å². The summed E-state index contributed by atoms with van der Waals surface area (Å²) in [4.78, 5) is 23.0. The monoisotopic (exact) mass is 270 g/mol. The van der Waals surface area contributed by atoms with Crippen molar-refractivity contribution in [3.8, 4) is 0 Å². The maximum Gasteiger partial charge on any atom is 0.307 e. The molecular formula is C14H26N2O3. The summed E-state index contributed by atoms with van der Waals surface area (Å²) in [5, 5.41) is 2.77. The number of esters is 1. The van der Waals surface area contributed by atoms with Crippen molar-refractivity contribution in [2.24, 2.45) is 11.7 Å². The van der Waals surface area contributed by atoms with Crippen LogP contribution in [0.5, 0.6) is 0 Å². The number of hydrogen-bond donors (Lipinski definition) is 2. The van der Waals surface area contributed by atoms with Crippen molar-refractivity contribution in [2.45, 2.75) is 64.0 Å². The molecule has 3 N–H and O–H groups in total. The topological polar surface area (TPSA) is 81.4 Å². The van der Waals surface area contributed by atoms with Gasteiger partial charge in [-0.2, -0.15) is 0 Å². The summed E-state index contributed by atoms with van der Waals surface area (Å²) in [6.45, 7) is 1.78. The summed E-state index contributed by atoms with van der Waals surface area (Å²) in [6.07, 6.45) is 7.08. The highest BCUT2D eigenvalue weighted by Crippen LogP contribution is 2.26. The van der Waals surface area contributed by atoms with Crippen molar-refractivity contribution in [1.29, 1.82) is 0 Å². The smallest absolute Gasteiger partial charge is 0.307 e. The summed E-state index contributed by atoms with van der Waals surface area (Å²) in [7, 11) is 1.34. The van der Waals surface area contributed by atoms with Crippen LogP contribution in [0.4, 0.5) is 0 Å². The Balaban J connectivity index is 2.28. The molecule has 5 heteroatoms. The summed E-state index contributed by atoms with van der Waals surface area (Å²) in [5.74, 6) is 0.0843. The standard InChI is InChI=1S/C14H26N2O3/c1-10(8-13(17)19-2)16-14(18)12(15)9-11-6-4-3-5-7-11/h10-12H,3-9,15H2,1-2H3,(H,16,18). The molecule has 5 nitrogen and oxygen atoms in total. The van der Waals surface area contributed by atoms with E-state index in [0.29, 0.717) is 5.92 Å². The van der Waals surface area contributed by atoms with Crippen LogP contribution in [-0.2, 0) is 14.3 Å². The SMILES string of the molecule is COC(=O)CC(C)NC(=O)C(N)CC1CCCCC1. The van der Waals surface area contributed by atoms with Gasteiger partial charge in [-0.05, 0) is 19.3 Å². The van der Waals surface area contributed by atoms with E-state index in [0.717, 1.165) is 6.42 Å². The molecule has 1 amide bonds. The van der Waals surface area contributed by atoms with E-state index in [1.54, 1.807) is 6.92 Å². The second-order valence-electron chi connectivity index (χ2n) is 5.54. The Kier molecular flexibility index (Phi) is 6.84. The van der Waals surface area contributed by atoms with E-state index >= 15 is 0 Å². The van der Waals surface area contributed by atoms with Crippen LogP contribution in [0.1, 0.15) is 51.9 Å². The van der Waals surface area contributed by atoms with Crippen molar-refractivity contribution in [3.05, 3.63) is 0 Å². The van der Waals surface area contributed by atoms with Crippen LogP contribution in [-0.4, -0.2) is 31.1 Å². The van der Waals surface area contributed by atoms with Gasteiger partial charge >= 0.3 is 5.97 Å². The number of nitrogens with two attached hydrogens (primary N) is 1. The zero-order valence-electron chi connectivity index (χ0n) is 12.0. The van der Waals surface area contributed by atoms with Gasteiger partial charge in [-0.3, -0.25) is 9.59 Å². The quantitative estimate of drug-likeness (QED) is 0.714. The molecule has 0 aromatic carbocycles. The molecule has 0 bridgehead atoms. The fourth-order valence-electron chi connectivity index (χ4n) is 2.62. The van der Waals surface area contributed by atoms with Crippen molar-refractivity contribution >= 4 is 11.9 Å². The maximum atomic E-state index is 11.9. The van der Waals surface area contributed by atoms with Crippen molar-refractivity contribution in [1.82, 2.24) is 5.32 Å². The molecule has 0 heterocycles. The van der Waals surface area contributed by atoms with Gasteiger partial charge in [0.15, 0.2) is 0 Å². The fraction of sp³-hybridized carbons (Fsp3) is 0.857. The Morgan fingerprint density at radius 3 is 2.53 bits per heavy atom. The molecule has 0 saturated heterocycles. The molecule has 0 aliphatic heterocycles. The average molecular weight is 270 g/mol. The van der Waals surface area contributed by atoms with Crippen LogP contribution < -0.4 is 11.1 Å². The molecule has 1 aliphatic carbocycles. The second kappa shape index (κ2) is 8.15. The van der Waals surface area contributed by atoms with E-state index in [4.69, 9.17) is 5.73 Å². The minimum atomic E-state index is -0.469. The Hall–Kier alpha value is -1.10. The fourth-order valence-corrected chi connectivity index (χ4v) is 2.62. The molecule has 110 valence electrons. The number of methoxy groups -OCH3 is 1. The molecule has 0 spiro atoms. The van der Waals surface area contributed by atoms with E-state index in [9.17, 15) is 9.59 Å². The second-order valence-corrected chi connectivity index (χ2v) is 5.54. The zero-order valence-corrected chi connectivity index (χ0v) is 12.0. The lowest BCUT2D eigenvalue weighted by Gasteiger charge is -2.24. The molecular weight excluding hydrogens is 244 g/mol. The highest BCUT2D eigenvalue weighted by Gasteiger charge is 2.22. The van der Waals surface area contributed by atoms with Gasteiger partial charge in [-0.25, -0.2) is 0 Å². The van der Waals surface area contributed by atoms with Crippen LogP contribution >= 0.6 is 0 Å². The molecule has 1 aliphatic rings. The minimum absolute atomic E-state index is 0.165. The van der Waals surface area contributed by atoms with E-state index in [1.807, 2.05) is 0 Å². The lowest BCUT2D eigenvalue weighted by molar-refractivity contribution is -0.141. The van der Waals surface area contributed by atoms with Gasteiger partial charge in [0.2, 0.25) is 5.91 Å². The number of amides is 1. The van der Waals surface area contributed by atoms with E-state index < -0.39 is 6.04 Å². The largest absolute Gasteiger partial charge is 0.469 e. The number of rotatable bonds is 6. The number of nitrogens with one attached hydrogen (secondary N) is 1. The number of carbonyl (C=O) groups is 2. The van der Waals surface area contributed by atoms with Gasteiger partial charge < -0.3 is 15.8 Å². The minimum Gasteiger partial charge on any atom is -0.469 e. The van der Waals surface area contributed by atoms with E-state index in [2.05, 4.69) is 10.1 Å². The van der Waals surface area contributed by atoms with E-state index in [-0.39, 0.29) is 24.3 Å². The van der Waals surface area contributed by atoms with Crippen molar-refractivity contribution in [3.63, 3.8) is 0 Å². The lowest BCUT2D eigenvalue weighted by Crippen LogP contribution is -2.46. The first-order valence-corrected chi connectivity index (χ1v) is 7.15. The van der Waals surface area contributed by atoms with Crippen molar-refractivity contribution < 1.29 is 14.3 Å². The predicted molar refractivity (Wildman–Crippen MR) is 73.4 cm³/mol. The molecule has 0 aromatic heterocycles. The number of hydrogen-bond acceptors (Lipinski definition) is 4. The van der Waals surface area contributed by atoms with Crippen LogP contribution in [0.15, 0.2) is 0 Å². The Morgan fingerprint density at radius 2 is 1.95 bits per heavy atom. The number of carbonyl (C=O) groups excluding carboxylic acids is 2. The summed E-state index contributed by atoms with van der Waals surface area (Å²) in [6, 6.07) is -0.708. The van der Waals surface area contributed by atoms with Crippen LogP contribution in [0.25, 0.3) is 0 Å². The number of ether oxygens (including phenoxy) is 1. The Bertz CT molecular complexity index is 301. The predicted octanol–water partition coefficient (Wildman–Crippen LogP) is 1.35. The molecule has 2 atom stereocenters. The third kappa shape index (κ3) is 6.05. The van der Waals surface area contributed by atoms with Crippen molar-refractivity contribution in [2.75, 3.05) is 7.11 Å². The normalized spacial score (nSPS) is 19.5. The van der Waals surface area contributed by atoms with Gasteiger partial charge in [0.05, 0.1) is 19.6 Å². The first-order chi connectivity index (χ1) is 9.02. The zero-order chi connectivity index (χ0) is 14.3. The molecule has 0 aromatic rings. The highest BCUT2D eigenvalue weighted by atomic mass is 16.5. The summed E-state index contributed by atoms with van der Waals surface area (Å²) >= 11 is 0. The van der Waals surface area contributed by atoms with Gasteiger partial charge in [-0.15, -0.1) is 0 Å². The molecule has 1 rings (SSSR count). The molecule has 19 heavy (non-hydrogen) atoms. The van der Waals surface area contributed by atoms with Gasteiger partial charge in [-0.1, -0.05) is 32.1 Å². The average Bonchev–Trinajstić information content (AvgIpc) is 2.39. The molecule has 0 radical (unpaired) electrons. The van der Waals surface area contributed by atoms with Gasteiger partial charge in [0, 0.05) is 6.04 Å². The molecule has 2 unspecified atom stereocenters. The van der Waals surface area contributed by atoms with Crippen LogP contribution in [0, 0.1) is 5.92 Å². The summed E-state index contributed by atoms with van der Waals surface area (Å²) in [5.41, 5.74) is 5.93. The first kappa shape index (κ1) is 16.0. The van der Waals surface area contributed by atoms with Crippen LogP contribution in [0.3, 0.4) is 0 Å². The molecule has 1 saturated carbocycles. The third-order valence-corrected chi connectivity index (χ3v) is 3.74. The third-order valence-electron chi connectivity index (χ3n) is 3.74. The molecule has 1 fully saturated rings. The van der Waals surface area contributed by atoms with Gasteiger partial charge in [0.25, 0.3) is 0 Å². The maximum absolute atomic E-state index is 11.9. The Labute approximate surface area is 115 Å². The summed E-state index contributed by atoms with van der Waals surface area (Å²) < 4.78 is 4.56. The van der Waals surface area contributed by atoms with Gasteiger partial charge in [0.1, 0.15) is 0 Å².